The van der Waals surface area contributed by atoms with E-state index in [1.165, 1.54) is 5.56 Å². The zero-order valence-electron chi connectivity index (χ0n) is 16.7. The highest BCUT2D eigenvalue weighted by Gasteiger charge is 2.46. The van der Waals surface area contributed by atoms with Crippen LogP contribution >= 0.6 is 0 Å². The third kappa shape index (κ3) is 5.41. The predicted octanol–water partition coefficient (Wildman–Crippen LogP) is 2.98. The first-order valence-corrected chi connectivity index (χ1v) is 10.2. The molecular formula is C23H29N3O3. The lowest BCUT2D eigenvalue weighted by molar-refractivity contribution is -0.133. The molecule has 0 radical (unpaired) electrons. The Morgan fingerprint density at radius 3 is 2.38 bits per heavy atom. The van der Waals surface area contributed by atoms with E-state index in [-0.39, 0.29) is 12.0 Å². The van der Waals surface area contributed by atoms with Crippen molar-refractivity contribution >= 4 is 12.4 Å². The molecular weight excluding hydrogens is 366 g/mol. The first kappa shape index (κ1) is 21.0. The molecule has 2 aliphatic rings. The van der Waals surface area contributed by atoms with Crippen LogP contribution in [0.4, 0.5) is 0 Å². The Morgan fingerprint density at radius 2 is 1.72 bits per heavy atom. The van der Waals surface area contributed by atoms with Crippen LogP contribution in [0.2, 0.25) is 0 Å². The molecule has 0 aliphatic carbocycles. The summed E-state index contributed by atoms with van der Waals surface area (Å²) >= 11 is 0. The van der Waals surface area contributed by atoms with E-state index in [2.05, 4.69) is 51.2 Å². The van der Waals surface area contributed by atoms with E-state index in [9.17, 15) is 4.79 Å². The van der Waals surface area contributed by atoms with Crippen LogP contribution in [0.25, 0.3) is 0 Å². The lowest BCUT2D eigenvalue weighted by atomic mass is 9.84. The highest BCUT2D eigenvalue weighted by molar-refractivity contribution is 5.79. The number of benzene rings is 1. The van der Waals surface area contributed by atoms with E-state index in [0.717, 1.165) is 50.9 Å². The van der Waals surface area contributed by atoms with Crippen LogP contribution in [0, 0.1) is 0 Å². The van der Waals surface area contributed by atoms with Crippen molar-refractivity contribution in [3.8, 4) is 0 Å². The van der Waals surface area contributed by atoms with Crippen LogP contribution in [-0.4, -0.2) is 57.4 Å². The topological polar surface area (TPSA) is 73.7 Å². The molecule has 2 aliphatic heterocycles. The molecule has 4 rings (SSSR count). The minimum atomic E-state index is -0.250. The van der Waals surface area contributed by atoms with E-state index in [0.29, 0.717) is 18.9 Å². The summed E-state index contributed by atoms with van der Waals surface area (Å²) in [4.78, 5) is 29.8. The fourth-order valence-electron chi connectivity index (χ4n) is 4.45. The fraction of sp³-hybridized carbons (Fsp3) is 0.435. The molecule has 2 aromatic rings. The molecule has 6 nitrogen and oxygen atoms in total. The first-order chi connectivity index (χ1) is 14.2. The second-order valence-electron chi connectivity index (χ2n) is 7.75. The molecule has 1 aromatic carbocycles. The molecule has 2 saturated heterocycles. The smallest absolute Gasteiger partial charge is 0.290 e. The number of hydrogen-bond donors (Lipinski definition) is 1. The Hall–Kier alpha value is -2.73. The predicted molar refractivity (Wildman–Crippen MR) is 111 cm³/mol. The number of likely N-dealkylation sites (tertiary alicyclic amines) is 2. The van der Waals surface area contributed by atoms with Gasteiger partial charge in [-0.05, 0) is 42.9 Å². The Labute approximate surface area is 172 Å². The number of nitrogens with zero attached hydrogens (tertiary/aromatic N) is 3. The average Bonchev–Trinajstić information content (AvgIpc) is 3.05. The van der Waals surface area contributed by atoms with Crippen molar-refractivity contribution in [2.24, 2.45) is 0 Å². The highest BCUT2D eigenvalue weighted by Crippen LogP contribution is 2.40. The summed E-state index contributed by atoms with van der Waals surface area (Å²) in [6, 6.07) is 14.7. The summed E-state index contributed by atoms with van der Waals surface area (Å²) < 4.78 is 0. The van der Waals surface area contributed by atoms with Gasteiger partial charge in [0.2, 0.25) is 5.91 Å². The summed E-state index contributed by atoms with van der Waals surface area (Å²) in [6.45, 7) is 3.74. The first-order valence-electron chi connectivity index (χ1n) is 10.2. The maximum absolute atomic E-state index is 12.5. The molecule has 29 heavy (non-hydrogen) atoms. The van der Waals surface area contributed by atoms with Gasteiger partial charge in [0.05, 0.1) is 0 Å². The van der Waals surface area contributed by atoms with Gasteiger partial charge in [-0.25, -0.2) is 0 Å². The SMILES string of the molecule is O=C1CCC2(CCN(CCc3ccccc3)CC2)N1Cc1cccnc1.O=CO. The van der Waals surface area contributed by atoms with E-state index >= 15 is 0 Å². The number of carboxylic acid groups (broad SMARTS) is 1. The monoisotopic (exact) mass is 395 g/mol. The lowest BCUT2D eigenvalue weighted by Gasteiger charge is -2.45. The van der Waals surface area contributed by atoms with Gasteiger partial charge in [-0.15, -0.1) is 0 Å². The number of rotatable bonds is 5. The minimum Gasteiger partial charge on any atom is -0.483 e. The quantitative estimate of drug-likeness (QED) is 0.788. The lowest BCUT2D eigenvalue weighted by Crippen LogP contribution is -2.53. The Balaban J connectivity index is 0.000000755. The zero-order chi connectivity index (χ0) is 20.5. The van der Waals surface area contributed by atoms with E-state index in [4.69, 9.17) is 9.90 Å². The van der Waals surface area contributed by atoms with Crippen LogP contribution in [0.1, 0.15) is 36.8 Å². The molecule has 154 valence electrons. The maximum Gasteiger partial charge on any atom is 0.290 e. The number of amides is 1. The van der Waals surface area contributed by atoms with Crippen molar-refractivity contribution in [3.05, 3.63) is 66.0 Å². The molecule has 3 heterocycles. The summed E-state index contributed by atoms with van der Waals surface area (Å²) in [7, 11) is 0. The van der Waals surface area contributed by atoms with Gasteiger partial charge in [0.25, 0.3) is 6.47 Å². The van der Waals surface area contributed by atoms with Gasteiger partial charge in [-0.3, -0.25) is 14.6 Å². The van der Waals surface area contributed by atoms with Crippen LogP contribution in [0.3, 0.4) is 0 Å². The number of pyridine rings is 1. The van der Waals surface area contributed by atoms with Crippen molar-refractivity contribution in [1.29, 1.82) is 0 Å². The molecule has 0 unspecified atom stereocenters. The summed E-state index contributed by atoms with van der Waals surface area (Å²) in [5.41, 5.74) is 2.60. The van der Waals surface area contributed by atoms with Crippen LogP contribution in [0.15, 0.2) is 54.9 Å². The number of piperidine rings is 1. The van der Waals surface area contributed by atoms with Gasteiger partial charge >= 0.3 is 0 Å². The number of aromatic nitrogens is 1. The van der Waals surface area contributed by atoms with E-state index in [1.54, 1.807) is 6.20 Å². The molecule has 0 bridgehead atoms. The number of carbonyl (C=O) groups is 2. The molecule has 1 aromatic heterocycles. The normalized spacial score (nSPS) is 18.3. The van der Waals surface area contributed by atoms with Crippen molar-refractivity contribution in [1.82, 2.24) is 14.8 Å². The van der Waals surface area contributed by atoms with Crippen molar-refractivity contribution in [2.75, 3.05) is 19.6 Å². The third-order valence-corrected chi connectivity index (χ3v) is 6.09. The van der Waals surface area contributed by atoms with Crippen LogP contribution in [-0.2, 0) is 22.6 Å². The molecule has 0 atom stereocenters. The third-order valence-electron chi connectivity index (χ3n) is 6.09. The molecule has 1 spiro atoms. The van der Waals surface area contributed by atoms with Gasteiger partial charge < -0.3 is 14.9 Å². The van der Waals surface area contributed by atoms with Crippen molar-refractivity contribution in [3.63, 3.8) is 0 Å². The molecule has 0 saturated carbocycles. The highest BCUT2D eigenvalue weighted by atomic mass is 16.3. The Kier molecular flexibility index (Phi) is 7.36. The van der Waals surface area contributed by atoms with Gasteiger partial charge in [0.15, 0.2) is 0 Å². The Bertz CT molecular complexity index is 774. The minimum absolute atomic E-state index is 0.0656. The fourth-order valence-corrected chi connectivity index (χ4v) is 4.45. The number of carbonyl (C=O) groups excluding carboxylic acids is 1. The average molecular weight is 396 g/mol. The van der Waals surface area contributed by atoms with E-state index < -0.39 is 0 Å². The van der Waals surface area contributed by atoms with Crippen molar-refractivity contribution in [2.45, 2.75) is 44.2 Å². The standard InChI is InChI=1S/C22H27N3O.CH2O2/c26-21-8-10-22(25(21)18-20-7-4-13-23-17-20)11-15-24(16-12-22)14-9-19-5-2-1-3-6-19;2-1-3/h1-7,13,17H,8-12,14-16,18H2;1H,(H,2,3). The van der Waals surface area contributed by atoms with Crippen LogP contribution in [0.5, 0.6) is 0 Å². The van der Waals surface area contributed by atoms with Crippen LogP contribution < -0.4 is 0 Å². The van der Waals surface area contributed by atoms with Crippen molar-refractivity contribution < 1.29 is 14.7 Å². The molecule has 2 fully saturated rings. The summed E-state index contributed by atoms with van der Waals surface area (Å²) in [5, 5.41) is 6.89. The Morgan fingerprint density at radius 1 is 1.03 bits per heavy atom. The van der Waals surface area contributed by atoms with E-state index in [1.807, 2.05) is 12.3 Å². The maximum atomic E-state index is 12.5. The second-order valence-corrected chi connectivity index (χ2v) is 7.75. The van der Waals surface area contributed by atoms with Gasteiger partial charge in [-0.1, -0.05) is 36.4 Å². The molecule has 1 amide bonds. The summed E-state index contributed by atoms with van der Waals surface area (Å²) in [6.07, 6.45) is 8.67. The second kappa shape index (κ2) is 10.2. The van der Waals surface area contributed by atoms with Gasteiger partial charge in [-0.2, -0.15) is 0 Å². The summed E-state index contributed by atoms with van der Waals surface area (Å²) in [5.74, 6) is 0.312. The largest absolute Gasteiger partial charge is 0.483 e. The molecule has 6 heteroatoms. The van der Waals surface area contributed by atoms with Gasteiger partial charge in [0, 0.05) is 50.5 Å². The zero-order valence-corrected chi connectivity index (χ0v) is 16.7. The number of hydrogen-bond acceptors (Lipinski definition) is 4. The molecule has 1 N–H and O–H groups in total. The van der Waals surface area contributed by atoms with Gasteiger partial charge in [0.1, 0.15) is 0 Å².